The van der Waals surface area contributed by atoms with Gasteiger partial charge in [-0.15, -0.1) is 0 Å². The molecule has 0 amide bonds. The van der Waals surface area contributed by atoms with Crippen LogP contribution in [-0.2, 0) is 6.18 Å². The number of nitro benzene ring substituents is 1. The number of aromatic amines is 1. The zero-order valence-electron chi connectivity index (χ0n) is 11.9. The molecular weight excluding hydrogens is 325 g/mol. The molecule has 0 aliphatic rings. The summed E-state index contributed by atoms with van der Waals surface area (Å²) in [4.78, 5) is 14.6. The molecule has 1 N–H and O–H groups in total. The molecule has 24 heavy (non-hydrogen) atoms. The monoisotopic (exact) mass is 334 g/mol. The van der Waals surface area contributed by atoms with Gasteiger partial charge in [-0.1, -0.05) is 24.3 Å². The second-order valence-electron chi connectivity index (χ2n) is 4.86. The van der Waals surface area contributed by atoms with Crippen LogP contribution in [0.5, 0.6) is 0 Å². The average Bonchev–Trinajstić information content (AvgIpc) is 3.04. The molecule has 122 valence electrons. The molecule has 0 radical (unpaired) electrons. The van der Waals surface area contributed by atoms with Crippen LogP contribution in [0.15, 0.2) is 48.5 Å². The third kappa shape index (κ3) is 2.96. The highest BCUT2D eigenvalue weighted by atomic mass is 19.4. The lowest BCUT2D eigenvalue weighted by Gasteiger charge is -2.06. The molecule has 0 bridgehead atoms. The van der Waals surface area contributed by atoms with E-state index in [1.807, 2.05) is 0 Å². The number of hydrogen-bond donors (Lipinski definition) is 1. The average molecular weight is 334 g/mol. The van der Waals surface area contributed by atoms with Gasteiger partial charge >= 0.3 is 6.18 Å². The highest BCUT2D eigenvalue weighted by molar-refractivity contribution is 5.69. The van der Waals surface area contributed by atoms with Crippen LogP contribution in [0.1, 0.15) is 5.56 Å². The van der Waals surface area contributed by atoms with E-state index < -0.39 is 16.7 Å². The van der Waals surface area contributed by atoms with Crippen LogP contribution in [-0.4, -0.2) is 20.1 Å². The van der Waals surface area contributed by atoms with E-state index >= 15 is 0 Å². The van der Waals surface area contributed by atoms with Crippen molar-refractivity contribution in [3.05, 3.63) is 64.2 Å². The Morgan fingerprint density at radius 3 is 2.54 bits per heavy atom. The van der Waals surface area contributed by atoms with E-state index in [2.05, 4.69) is 15.2 Å². The number of nitrogens with one attached hydrogen (secondary N) is 1. The van der Waals surface area contributed by atoms with Gasteiger partial charge in [-0.2, -0.15) is 18.3 Å². The largest absolute Gasteiger partial charge is 0.416 e. The van der Waals surface area contributed by atoms with Crippen LogP contribution in [0.4, 0.5) is 18.9 Å². The SMILES string of the molecule is O=[N+]([O-])c1ccccc1-c1nc(-c2cccc(C(F)(F)F)c2)n[nH]1. The number of nitrogens with zero attached hydrogens (tertiary/aromatic N) is 3. The van der Waals surface area contributed by atoms with Crippen molar-refractivity contribution in [2.75, 3.05) is 0 Å². The Bertz CT molecular complexity index is 905. The zero-order chi connectivity index (χ0) is 17.3. The number of nitro groups is 1. The molecule has 1 heterocycles. The van der Waals surface area contributed by atoms with E-state index in [0.29, 0.717) is 0 Å². The van der Waals surface area contributed by atoms with Gasteiger partial charge in [0.15, 0.2) is 11.6 Å². The lowest BCUT2D eigenvalue weighted by molar-refractivity contribution is -0.384. The first-order valence-corrected chi connectivity index (χ1v) is 6.70. The minimum absolute atomic E-state index is 0.0225. The van der Waals surface area contributed by atoms with Gasteiger partial charge in [-0.25, -0.2) is 4.98 Å². The van der Waals surface area contributed by atoms with Crippen LogP contribution in [0.3, 0.4) is 0 Å². The van der Waals surface area contributed by atoms with Crippen molar-refractivity contribution >= 4 is 5.69 Å². The zero-order valence-corrected chi connectivity index (χ0v) is 11.9. The molecule has 0 atom stereocenters. The van der Waals surface area contributed by atoms with Crippen LogP contribution in [0.25, 0.3) is 22.8 Å². The molecule has 0 saturated carbocycles. The number of halogens is 3. The first-order valence-electron chi connectivity index (χ1n) is 6.70. The summed E-state index contributed by atoms with van der Waals surface area (Å²) in [5.74, 6) is 0.129. The predicted octanol–water partition coefficient (Wildman–Crippen LogP) is 4.07. The first-order chi connectivity index (χ1) is 11.4. The molecule has 3 aromatic rings. The lowest BCUT2D eigenvalue weighted by atomic mass is 10.1. The number of benzene rings is 2. The molecule has 0 fully saturated rings. The van der Waals surface area contributed by atoms with Gasteiger partial charge in [0.05, 0.1) is 16.1 Å². The van der Waals surface area contributed by atoms with E-state index in [1.54, 1.807) is 6.07 Å². The molecule has 3 rings (SSSR count). The van der Waals surface area contributed by atoms with Crippen molar-refractivity contribution in [1.29, 1.82) is 0 Å². The van der Waals surface area contributed by atoms with E-state index in [9.17, 15) is 23.3 Å². The smallest absolute Gasteiger partial charge is 0.258 e. The summed E-state index contributed by atoms with van der Waals surface area (Å²) in [6.45, 7) is 0. The maximum atomic E-state index is 12.8. The van der Waals surface area contributed by atoms with E-state index in [1.165, 1.54) is 30.3 Å². The van der Waals surface area contributed by atoms with Gasteiger partial charge in [-0.05, 0) is 18.2 Å². The number of hydrogen-bond acceptors (Lipinski definition) is 4. The predicted molar refractivity (Wildman–Crippen MR) is 78.9 cm³/mol. The van der Waals surface area contributed by atoms with Gasteiger partial charge in [0.1, 0.15) is 0 Å². The Balaban J connectivity index is 2.02. The van der Waals surface area contributed by atoms with E-state index in [0.717, 1.165) is 12.1 Å². The fraction of sp³-hybridized carbons (Fsp3) is 0.0667. The molecule has 0 unspecified atom stereocenters. The quantitative estimate of drug-likeness (QED) is 0.578. The fourth-order valence-corrected chi connectivity index (χ4v) is 2.18. The second-order valence-corrected chi connectivity index (χ2v) is 4.86. The highest BCUT2D eigenvalue weighted by Crippen LogP contribution is 2.32. The second kappa shape index (κ2) is 5.76. The van der Waals surface area contributed by atoms with Gasteiger partial charge in [0, 0.05) is 11.6 Å². The summed E-state index contributed by atoms with van der Waals surface area (Å²) in [5, 5.41) is 17.4. The molecule has 0 aliphatic carbocycles. The molecule has 9 heteroatoms. The summed E-state index contributed by atoms with van der Waals surface area (Å²) < 4.78 is 38.3. The van der Waals surface area contributed by atoms with Crippen molar-refractivity contribution in [1.82, 2.24) is 15.2 Å². The summed E-state index contributed by atoms with van der Waals surface area (Å²) >= 11 is 0. The molecule has 6 nitrogen and oxygen atoms in total. The minimum atomic E-state index is -4.48. The van der Waals surface area contributed by atoms with Crippen molar-refractivity contribution in [2.45, 2.75) is 6.18 Å². The van der Waals surface area contributed by atoms with Crippen LogP contribution >= 0.6 is 0 Å². The minimum Gasteiger partial charge on any atom is -0.258 e. The lowest BCUT2D eigenvalue weighted by Crippen LogP contribution is -2.04. The third-order valence-corrected chi connectivity index (χ3v) is 3.29. The maximum absolute atomic E-state index is 12.8. The summed E-state index contributed by atoms with van der Waals surface area (Å²) in [6.07, 6.45) is -4.48. The van der Waals surface area contributed by atoms with Crippen molar-refractivity contribution < 1.29 is 18.1 Å². The van der Waals surface area contributed by atoms with Crippen molar-refractivity contribution in [3.8, 4) is 22.8 Å². The molecule has 1 aromatic heterocycles. The standard InChI is InChI=1S/C15H9F3N4O2/c16-15(17,18)10-5-3-4-9(8-10)13-19-14(21-20-13)11-6-1-2-7-12(11)22(23)24/h1-8H,(H,19,20,21). The Hall–Kier alpha value is -3.23. The topological polar surface area (TPSA) is 84.7 Å². The van der Waals surface area contributed by atoms with Crippen molar-refractivity contribution in [3.63, 3.8) is 0 Å². The van der Waals surface area contributed by atoms with Gasteiger partial charge < -0.3 is 0 Å². The number of rotatable bonds is 3. The number of para-hydroxylation sites is 1. The van der Waals surface area contributed by atoms with Crippen molar-refractivity contribution in [2.24, 2.45) is 0 Å². The first kappa shape index (κ1) is 15.7. The van der Waals surface area contributed by atoms with Gasteiger partial charge in [0.2, 0.25) is 0 Å². The van der Waals surface area contributed by atoms with Crippen LogP contribution < -0.4 is 0 Å². The van der Waals surface area contributed by atoms with Crippen LogP contribution in [0.2, 0.25) is 0 Å². The Morgan fingerprint density at radius 2 is 1.83 bits per heavy atom. The normalized spacial score (nSPS) is 11.5. The van der Waals surface area contributed by atoms with Crippen LogP contribution in [0, 0.1) is 10.1 Å². The molecule has 2 aromatic carbocycles. The van der Waals surface area contributed by atoms with E-state index in [4.69, 9.17) is 0 Å². The third-order valence-electron chi connectivity index (χ3n) is 3.29. The Kier molecular flexibility index (Phi) is 3.76. The molecule has 0 spiro atoms. The number of H-pyrrole nitrogens is 1. The summed E-state index contributed by atoms with van der Waals surface area (Å²) in [7, 11) is 0. The molecule has 0 aliphatic heterocycles. The maximum Gasteiger partial charge on any atom is 0.416 e. The number of aromatic nitrogens is 3. The van der Waals surface area contributed by atoms with E-state index in [-0.39, 0.29) is 28.5 Å². The molecule has 0 saturated heterocycles. The highest BCUT2D eigenvalue weighted by Gasteiger charge is 2.30. The Morgan fingerprint density at radius 1 is 1.08 bits per heavy atom. The van der Waals surface area contributed by atoms with Gasteiger partial charge in [0.25, 0.3) is 5.69 Å². The Labute approximate surface area is 133 Å². The summed E-state index contributed by atoms with van der Waals surface area (Å²) in [5.41, 5.74) is -0.639. The van der Waals surface area contributed by atoms with Gasteiger partial charge in [-0.3, -0.25) is 15.2 Å². The fourth-order valence-electron chi connectivity index (χ4n) is 2.18. The summed E-state index contributed by atoms with van der Waals surface area (Å²) in [6, 6.07) is 10.4. The molecular formula is C15H9F3N4O2. The number of alkyl halides is 3.